The summed E-state index contributed by atoms with van der Waals surface area (Å²) in [4.78, 5) is 11.4. The number of ether oxygens (including phenoxy) is 1. The van der Waals surface area contributed by atoms with Gasteiger partial charge in [0.1, 0.15) is 11.8 Å². The van der Waals surface area contributed by atoms with Crippen molar-refractivity contribution in [2.75, 3.05) is 6.61 Å². The van der Waals surface area contributed by atoms with Crippen molar-refractivity contribution in [2.45, 2.75) is 44.0 Å². The van der Waals surface area contributed by atoms with Crippen molar-refractivity contribution >= 4 is 16.0 Å². The van der Waals surface area contributed by atoms with E-state index in [0.29, 0.717) is 18.8 Å². The van der Waals surface area contributed by atoms with E-state index in [2.05, 4.69) is 4.72 Å². The molecule has 0 bridgehead atoms. The van der Waals surface area contributed by atoms with Crippen molar-refractivity contribution in [3.05, 3.63) is 23.8 Å². The topological polar surface area (TPSA) is 92.7 Å². The van der Waals surface area contributed by atoms with E-state index in [-0.39, 0.29) is 10.8 Å². The molecule has 122 valence electrons. The summed E-state index contributed by atoms with van der Waals surface area (Å²) in [5.74, 6) is -0.769. The van der Waals surface area contributed by atoms with Crippen LogP contribution < -0.4 is 9.46 Å². The molecular formula is C15H21NO5S. The third-order valence-electron chi connectivity index (χ3n) is 3.95. The Morgan fingerprint density at radius 1 is 1.45 bits per heavy atom. The van der Waals surface area contributed by atoms with Crippen LogP contribution in [0.4, 0.5) is 0 Å². The molecule has 22 heavy (non-hydrogen) atoms. The number of aliphatic carboxylic acids is 1. The van der Waals surface area contributed by atoms with Crippen molar-refractivity contribution in [3.8, 4) is 5.75 Å². The summed E-state index contributed by atoms with van der Waals surface area (Å²) in [5.41, 5.74) is 0.838. The highest BCUT2D eigenvalue weighted by atomic mass is 32.2. The second-order valence-electron chi connectivity index (χ2n) is 5.54. The molecule has 2 atom stereocenters. The number of carbonyl (C=O) groups is 1. The van der Waals surface area contributed by atoms with Crippen LogP contribution in [0, 0.1) is 5.92 Å². The standard InChI is InChI=1S/C15H21NO5S/c1-3-10(2)14(15(17)18)16-22(19,20)12-6-7-13-11(9-12)5-4-8-21-13/h6-7,9-10,14,16H,3-5,8H2,1-2H3,(H,17,18)/t10-,14-/m0/s1. The van der Waals surface area contributed by atoms with E-state index in [1.807, 2.05) is 6.92 Å². The van der Waals surface area contributed by atoms with Gasteiger partial charge >= 0.3 is 5.97 Å². The Morgan fingerprint density at radius 3 is 2.82 bits per heavy atom. The van der Waals surface area contributed by atoms with Gasteiger partial charge in [0.05, 0.1) is 11.5 Å². The fourth-order valence-corrected chi connectivity index (χ4v) is 3.73. The highest BCUT2D eigenvalue weighted by molar-refractivity contribution is 7.89. The maximum absolute atomic E-state index is 12.4. The van der Waals surface area contributed by atoms with E-state index >= 15 is 0 Å². The van der Waals surface area contributed by atoms with Crippen molar-refractivity contribution in [1.82, 2.24) is 4.72 Å². The summed E-state index contributed by atoms with van der Waals surface area (Å²) < 4.78 is 32.6. The minimum absolute atomic E-state index is 0.0753. The van der Waals surface area contributed by atoms with Gasteiger partial charge in [-0.1, -0.05) is 20.3 Å². The molecule has 0 aromatic heterocycles. The molecule has 0 saturated heterocycles. The number of hydrogen-bond donors (Lipinski definition) is 2. The van der Waals surface area contributed by atoms with Crippen LogP contribution in [0.5, 0.6) is 5.75 Å². The van der Waals surface area contributed by atoms with Crippen LogP contribution in [-0.2, 0) is 21.2 Å². The molecule has 1 aromatic carbocycles. The summed E-state index contributed by atoms with van der Waals surface area (Å²) in [6, 6.07) is 3.50. The average molecular weight is 327 g/mol. The van der Waals surface area contributed by atoms with Gasteiger partial charge in [-0.25, -0.2) is 8.42 Å². The van der Waals surface area contributed by atoms with Gasteiger partial charge in [-0.15, -0.1) is 0 Å². The molecule has 1 aliphatic rings. The van der Waals surface area contributed by atoms with Crippen LogP contribution in [0.2, 0.25) is 0 Å². The molecule has 0 fully saturated rings. The number of benzene rings is 1. The molecule has 0 radical (unpaired) electrons. The molecule has 2 rings (SSSR count). The quantitative estimate of drug-likeness (QED) is 0.831. The molecule has 0 amide bonds. The Morgan fingerprint density at radius 2 is 2.18 bits per heavy atom. The molecule has 1 heterocycles. The van der Waals surface area contributed by atoms with E-state index in [1.54, 1.807) is 19.1 Å². The van der Waals surface area contributed by atoms with E-state index < -0.39 is 22.0 Å². The lowest BCUT2D eigenvalue weighted by Crippen LogP contribution is -2.44. The van der Waals surface area contributed by atoms with Gasteiger partial charge in [-0.05, 0) is 42.5 Å². The number of sulfonamides is 1. The SMILES string of the molecule is CC[C@H](C)[C@H](NS(=O)(=O)c1ccc2c(c1)CCCO2)C(=O)O. The zero-order valence-corrected chi connectivity index (χ0v) is 13.5. The number of fused-ring (bicyclic) bond motifs is 1. The minimum atomic E-state index is -3.88. The number of carboxylic acids is 1. The largest absolute Gasteiger partial charge is 0.493 e. The number of aryl methyl sites for hydroxylation is 1. The Labute approximate surface area is 130 Å². The molecule has 0 unspecified atom stereocenters. The zero-order valence-electron chi connectivity index (χ0n) is 12.7. The maximum Gasteiger partial charge on any atom is 0.322 e. The number of nitrogens with one attached hydrogen (secondary N) is 1. The van der Waals surface area contributed by atoms with Crippen LogP contribution in [0.3, 0.4) is 0 Å². The first-order valence-corrected chi connectivity index (χ1v) is 8.84. The fraction of sp³-hybridized carbons (Fsp3) is 0.533. The van der Waals surface area contributed by atoms with Crippen LogP contribution in [-0.4, -0.2) is 32.1 Å². The molecular weight excluding hydrogens is 306 g/mol. The highest BCUT2D eigenvalue weighted by Gasteiger charge is 2.29. The van der Waals surface area contributed by atoms with Gasteiger partial charge in [0, 0.05) is 0 Å². The lowest BCUT2D eigenvalue weighted by molar-refractivity contribution is -0.140. The van der Waals surface area contributed by atoms with E-state index in [9.17, 15) is 18.3 Å². The van der Waals surface area contributed by atoms with Gasteiger partial charge < -0.3 is 9.84 Å². The van der Waals surface area contributed by atoms with Crippen molar-refractivity contribution < 1.29 is 23.1 Å². The third kappa shape index (κ3) is 3.59. The summed E-state index contributed by atoms with van der Waals surface area (Å²) >= 11 is 0. The normalized spacial score (nSPS) is 17.2. The summed E-state index contributed by atoms with van der Waals surface area (Å²) in [6.45, 7) is 4.17. The molecule has 1 aliphatic heterocycles. The first-order valence-electron chi connectivity index (χ1n) is 7.36. The summed E-state index contributed by atoms with van der Waals surface area (Å²) in [5, 5.41) is 9.23. The Balaban J connectivity index is 2.28. The molecule has 0 saturated carbocycles. The van der Waals surface area contributed by atoms with Gasteiger partial charge in [0.2, 0.25) is 10.0 Å². The monoisotopic (exact) mass is 327 g/mol. The van der Waals surface area contributed by atoms with Crippen LogP contribution >= 0.6 is 0 Å². The summed E-state index contributed by atoms with van der Waals surface area (Å²) in [6.07, 6.45) is 2.17. The number of rotatable bonds is 6. The molecule has 0 spiro atoms. The van der Waals surface area contributed by atoms with Gasteiger partial charge in [-0.2, -0.15) is 4.72 Å². The predicted molar refractivity (Wildman–Crippen MR) is 81.5 cm³/mol. The zero-order chi connectivity index (χ0) is 16.3. The average Bonchev–Trinajstić information content (AvgIpc) is 2.51. The number of hydrogen-bond acceptors (Lipinski definition) is 4. The van der Waals surface area contributed by atoms with Crippen molar-refractivity contribution in [1.29, 1.82) is 0 Å². The molecule has 1 aromatic rings. The molecule has 2 N–H and O–H groups in total. The highest BCUT2D eigenvalue weighted by Crippen LogP contribution is 2.27. The van der Waals surface area contributed by atoms with Crippen molar-refractivity contribution in [3.63, 3.8) is 0 Å². The van der Waals surface area contributed by atoms with Crippen LogP contribution in [0.25, 0.3) is 0 Å². The predicted octanol–water partition coefficient (Wildman–Crippen LogP) is 1.79. The Hall–Kier alpha value is -1.60. The maximum atomic E-state index is 12.4. The first-order chi connectivity index (χ1) is 10.3. The second-order valence-corrected chi connectivity index (χ2v) is 7.26. The van der Waals surface area contributed by atoms with Crippen molar-refractivity contribution in [2.24, 2.45) is 5.92 Å². The number of carboxylic acid groups (broad SMARTS) is 1. The lowest BCUT2D eigenvalue weighted by Gasteiger charge is -2.21. The van der Waals surface area contributed by atoms with Gasteiger partial charge in [-0.3, -0.25) is 4.79 Å². The summed E-state index contributed by atoms with van der Waals surface area (Å²) in [7, 11) is -3.88. The molecule has 0 aliphatic carbocycles. The first kappa shape index (κ1) is 16.8. The fourth-order valence-electron chi connectivity index (χ4n) is 2.38. The lowest BCUT2D eigenvalue weighted by atomic mass is 10.0. The Kier molecular flexibility index (Phi) is 5.08. The van der Waals surface area contributed by atoms with Crippen LogP contribution in [0.15, 0.2) is 23.1 Å². The Bertz CT molecular complexity index is 656. The van der Waals surface area contributed by atoms with Gasteiger partial charge in [0.15, 0.2) is 0 Å². The van der Waals surface area contributed by atoms with E-state index in [4.69, 9.17) is 4.74 Å². The van der Waals surface area contributed by atoms with Gasteiger partial charge in [0.25, 0.3) is 0 Å². The molecule has 7 heteroatoms. The second kappa shape index (κ2) is 6.66. The van der Waals surface area contributed by atoms with E-state index in [1.165, 1.54) is 6.07 Å². The minimum Gasteiger partial charge on any atom is -0.493 e. The molecule has 6 nitrogen and oxygen atoms in total. The third-order valence-corrected chi connectivity index (χ3v) is 5.39. The smallest absolute Gasteiger partial charge is 0.322 e. The van der Waals surface area contributed by atoms with E-state index in [0.717, 1.165) is 18.4 Å². The van der Waals surface area contributed by atoms with Crippen LogP contribution in [0.1, 0.15) is 32.3 Å².